The van der Waals surface area contributed by atoms with Gasteiger partial charge >= 0.3 is 0 Å². The first kappa shape index (κ1) is 8.26. The van der Waals surface area contributed by atoms with Crippen LogP contribution in [0.15, 0.2) is 18.2 Å². The van der Waals surface area contributed by atoms with Gasteiger partial charge in [-0.3, -0.25) is 4.79 Å². The molecule has 2 rings (SSSR count). The van der Waals surface area contributed by atoms with E-state index in [9.17, 15) is 4.79 Å². The summed E-state index contributed by atoms with van der Waals surface area (Å²) in [4.78, 5) is 11.4. The lowest BCUT2D eigenvalue weighted by atomic mass is 9.98. The van der Waals surface area contributed by atoms with Crippen LogP contribution in [0.5, 0.6) is 0 Å². The molecule has 68 valence electrons. The van der Waals surface area contributed by atoms with Crippen molar-refractivity contribution < 1.29 is 9.90 Å². The van der Waals surface area contributed by atoms with E-state index in [1.54, 1.807) is 6.07 Å². The second-order valence-electron chi connectivity index (χ2n) is 3.16. The van der Waals surface area contributed by atoms with Gasteiger partial charge in [0.15, 0.2) is 0 Å². The highest BCUT2D eigenvalue weighted by atomic mass is 16.3. The van der Waals surface area contributed by atoms with Gasteiger partial charge in [-0.05, 0) is 23.6 Å². The van der Waals surface area contributed by atoms with Gasteiger partial charge in [0.25, 0.3) is 5.91 Å². The maximum absolute atomic E-state index is 11.4. The van der Waals surface area contributed by atoms with Crippen molar-refractivity contribution in [3.8, 4) is 0 Å². The number of nitrogens with one attached hydrogen (secondary N) is 1. The molecule has 0 bridgehead atoms. The molecule has 3 nitrogen and oxygen atoms in total. The number of carbonyl (C=O) groups is 1. The summed E-state index contributed by atoms with van der Waals surface area (Å²) in [6.45, 7) is 0.699. The SMILES string of the molecule is O=C1NCCc2ccc(CO)cc21. The van der Waals surface area contributed by atoms with Crippen molar-refractivity contribution in [1.29, 1.82) is 0 Å². The summed E-state index contributed by atoms with van der Waals surface area (Å²) in [5.41, 5.74) is 2.56. The Morgan fingerprint density at radius 2 is 2.31 bits per heavy atom. The van der Waals surface area contributed by atoms with E-state index in [0.717, 1.165) is 17.5 Å². The predicted molar refractivity (Wildman–Crippen MR) is 48.4 cm³/mol. The Balaban J connectivity index is 2.47. The number of carbonyl (C=O) groups excluding carboxylic acids is 1. The number of amides is 1. The maximum atomic E-state index is 11.4. The fourth-order valence-electron chi connectivity index (χ4n) is 1.56. The van der Waals surface area contributed by atoms with Gasteiger partial charge in [-0.15, -0.1) is 0 Å². The lowest BCUT2D eigenvalue weighted by Crippen LogP contribution is -2.31. The molecular weight excluding hydrogens is 166 g/mol. The van der Waals surface area contributed by atoms with Crippen LogP contribution in [0.25, 0.3) is 0 Å². The van der Waals surface area contributed by atoms with Crippen molar-refractivity contribution in [2.75, 3.05) is 6.54 Å². The van der Waals surface area contributed by atoms with Gasteiger partial charge in [0.1, 0.15) is 0 Å². The van der Waals surface area contributed by atoms with Crippen LogP contribution in [0.1, 0.15) is 21.5 Å². The molecule has 1 amide bonds. The maximum Gasteiger partial charge on any atom is 0.251 e. The molecule has 1 aromatic carbocycles. The Morgan fingerprint density at radius 3 is 3.08 bits per heavy atom. The number of aliphatic hydroxyl groups is 1. The van der Waals surface area contributed by atoms with Crippen LogP contribution < -0.4 is 5.32 Å². The lowest BCUT2D eigenvalue weighted by Gasteiger charge is -2.16. The number of rotatable bonds is 1. The highest BCUT2D eigenvalue weighted by Gasteiger charge is 2.15. The molecule has 1 aromatic rings. The highest BCUT2D eigenvalue weighted by molar-refractivity contribution is 5.96. The van der Waals surface area contributed by atoms with Crippen LogP contribution >= 0.6 is 0 Å². The van der Waals surface area contributed by atoms with Crippen molar-refractivity contribution in [3.05, 3.63) is 34.9 Å². The zero-order chi connectivity index (χ0) is 9.26. The minimum absolute atomic E-state index is 0.0133. The minimum atomic E-state index is -0.0310. The molecule has 0 unspecified atom stereocenters. The summed E-state index contributed by atoms with van der Waals surface area (Å²) in [7, 11) is 0. The Labute approximate surface area is 76.4 Å². The van der Waals surface area contributed by atoms with E-state index in [1.165, 1.54) is 0 Å². The number of aliphatic hydroxyl groups excluding tert-OH is 1. The second-order valence-corrected chi connectivity index (χ2v) is 3.16. The van der Waals surface area contributed by atoms with E-state index in [2.05, 4.69) is 5.32 Å². The Bertz CT molecular complexity index is 347. The molecular formula is C10H11NO2. The molecule has 1 aliphatic heterocycles. The summed E-state index contributed by atoms with van der Waals surface area (Å²) in [6.07, 6.45) is 0.882. The molecule has 0 aliphatic carbocycles. The largest absolute Gasteiger partial charge is 0.392 e. The number of benzene rings is 1. The van der Waals surface area contributed by atoms with E-state index in [4.69, 9.17) is 5.11 Å². The number of hydrogen-bond donors (Lipinski definition) is 2. The molecule has 13 heavy (non-hydrogen) atoms. The molecule has 1 heterocycles. The fraction of sp³-hybridized carbons (Fsp3) is 0.300. The topological polar surface area (TPSA) is 49.3 Å². The third-order valence-corrected chi connectivity index (χ3v) is 2.28. The summed E-state index contributed by atoms with van der Waals surface area (Å²) in [5, 5.41) is 11.7. The van der Waals surface area contributed by atoms with Crippen LogP contribution in [-0.2, 0) is 13.0 Å². The zero-order valence-electron chi connectivity index (χ0n) is 7.21. The van der Waals surface area contributed by atoms with Crippen LogP contribution in [0.2, 0.25) is 0 Å². The van der Waals surface area contributed by atoms with Gasteiger partial charge in [0.2, 0.25) is 0 Å². The first-order valence-corrected chi connectivity index (χ1v) is 4.32. The summed E-state index contributed by atoms with van der Waals surface area (Å²) in [5.74, 6) is -0.0310. The Kier molecular flexibility index (Phi) is 2.02. The van der Waals surface area contributed by atoms with Crippen LogP contribution in [-0.4, -0.2) is 17.6 Å². The monoisotopic (exact) mass is 177 g/mol. The van der Waals surface area contributed by atoms with E-state index in [1.807, 2.05) is 12.1 Å². The van der Waals surface area contributed by atoms with Crippen molar-refractivity contribution in [1.82, 2.24) is 5.32 Å². The molecule has 2 N–H and O–H groups in total. The summed E-state index contributed by atoms with van der Waals surface area (Å²) in [6, 6.07) is 5.53. The van der Waals surface area contributed by atoms with E-state index in [0.29, 0.717) is 12.1 Å². The van der Waals surface area contributed by atoms with E-state index < -0.39 is 0 Å². The molecule has 0 atom stereocenters. The van der Waals surface area contributed by atoms with Crippen LogP contribution in [0.3, 0.4) is 0 Å². The van der Waals surface area contributed by atoms with Gasteiger partial charge in [-0.25, -0.2) is 0 Å². The standard InChI is InChI=1S/C10H11NO2/c12-6-7-1-2-8-3-4-11-10(13)9(8)5-7/h1-2,5,12H,3-4,6H2,(H,11,13). The first-order valence-electron chi connectivity index (χ1n) is 4.32. The highest BCUT2D eigenvalue weighted by Crippen LogP contribution is 2.15. The quantitative estimate of drug-likeness (QED) is 0.655. The predicted octanol–water partition coefficient (Wildman–Crippen LogP) is 0.465. The van der Waals surface area contributed by atoms with E-state index >= 15 is 0 Å². The third kappa shape index (κ3) is 1.42. The molecule has 0 aromatic heterocycles. The van der Waals surface area contributed by atoms with Gasteiger partial charge in [0.05, 0.1) is 6.61 Å². The smallest absolute Gasteiger partial charge is 0.251 e. The van der Waals surface area contributed by atoms with Crippen molar-refractivity contribution in [2.45, 2.75) is 13.0 Å². The average molecular weight is 177 g/mol. The molecule has 0 radical (unpaired) electrons. The molecule has 0 saturated carbocycles. The van der Waals surface area contributed by atoms with Crippen LogP contribution in [0, 0.1) is 0 Å². The van der Waals surface area contributed by atoms with E-state index in [-0.39, 0.29) is 12.5 Å². The van der Waals surface area contributed by atoms with Crippen molar-refractivity contribution in [2.24, 2.45) is 0 Å². The molecule has 1 aliphatic rings. The molecule has 0 saturated heterocycles. The van der Waals surface area contributed by atoms with Crippen molar-refractivity contribution >= 4 is 5.91 Å². The average Bonchev–Trinajstić information content (AvgIpc) is 2.18. The second kappa shape index (κ2) is 3.18. The lowest BCUT2D eigenvalue weighted by molar-refractivity contribution is 0.0946. The first-order chi connectivity index (χ1) is 6.31. The minimum Gasteiger partial charge on any atom is -0.392 e. The normalized spacial score (nSPS) is 15.0. The fourth-order valence-corrected chi connectivity index (χ4v) is 1.56. The van der Waals surface area contributed by atoms with Gasteiger partial charge < -0.3 is 10.4 Å². The summed E-state index contributed by atoms with van der Waals surface area (Å²) < 4.78 is 0. The molecule has 0 spiro atoms. The van der Waals surface area contributed by atoms with Gasteiger partial charge in [-0.1, -0.05) is 12.1 Å². The van der Waals surface area contributed by atoms with Gasteiger partial charge in [0, 0.05) is 12.1 Å². The third-order valence-electron chi connectivity index (χ3n) is 2.28. The summed E-state index contributed by atoms with van der Waals surface area (Å²) >= 11 is 0. The Hall–Kier alpha value is -1.35. The Morgan fingerprint density at radius 1 is 1.46 bits per heavy atom. The number of hydrogen-bond acceptors (Lipinski definition) is 2. The molecule has 3 heteroatoms. The zero-order valence-corrected chi connectivity index (χ0v) is 7.21. The number of fused-ring (bicyclic) bond motifs is 1. The molecule has 0 fully saturated rings. The van der Waals surface area contributed by atoms with Gasteiger partial charge in [-0.2, -0.15) is 0 Å². The van der Waals surface area contributed by atoms with Crippen molar-refractivity contribution in [3.63, 3.8) is 0 Å². The van der Waals surface area contributed by atoms with Crippen LogP contribution in [0.4, 0.5) is 0 Å².